The van der Waals surface area contributed by atoms with E-state index in [1.807, 2.05) is 0 Å². The molecule has 0 amide bonds. The van der Waals surface area contributed by atoms with Gasteiger partial charge in [0.1, 0.15) is 21.7 Å². The molecule has 3 rings (SSSR count). The van der Waals surface area contributed by atoms with E-state index in [0.29, 0.717) is 32.4 Å². The van der Waals surface area contributed by atoms with Crippen LogP contribution in [-0.2, 0) is 9.53 Å². The zero-order valence-electron chi connectivity index (χ0n) is 12.7. The molecule has 2 aromatic carbocycles. The van der Waals surface area contributed by atoms with E-state index in [1.54, 1.807) is 37.3 Å². The lowest BCUT2D eigenvalue weighted by Gasteiger charge is -2.07. The standard InChI is InChI=1S/C17H13BrFNO4/c1-2-22-14(21)9-23-13-8-7-11-16(20-24-17(11)15(13)18)10-5-3-4-6-12(10)19/h3-8H,2,9H2,1H3. The van der Waals surface area contributed by atoms with Gasteiger partial charge in [0.25, 0.3) is 0 Å². The average molecular weight is 394 g/mol. The molecule has 124 valence electrons. The molecule has 7 heteroatoms. The Kier molecular flexibility index (Phi) is 4.80. The summed E-state index contributed by atoms with van der Waals surface area (Å²) in [5.74, 6) is -0.438. The molecule has 1 aromatic heterocycles. The van der Waals surface area contributed by atoms with Gasteiger partial charge < -0.3 is 14.0 Å². The van der Waals surface area contributed by atoms with Gasteiger partial charge in [0, 0.05) is 5.56 Å². The number of benzene rings is 2. The second-order valence-corrected chi connectivity index (χ2v) is 5.65. The van der Waals surface area contributed by atoms with Crippen LogP contribution in [0, 0.1) is 5.82 Å². The van der Waals surface area contributed by atoms with Gasteiger partial charge in [-0.05, 0) is 47.1 Å². The minimum absolute atomic E-state index is 0.216. The molecule has 5 nitrogen and oxygen atoms in total. The number of nitrogens with zero attached hydrogens (tertiary/aromatic N) is 1. The molecule has 0 atom stereocenters. The molecule has 0 N–H and O–H groups in total. The quantitative estimate of drug-likeness (QED) is 0.603. The minimum atomic E-state index is -0.464. The summed E-state index contributed by atoms with van der Waals surface area (Å²) in [7, 11) is 0. The van der Waals surface area contributed by atoms with Crippen LogP contribution in [0.5, 0.6) is 5.75 Å². The molecule has 0 radical (unpaired) electrons. The van der Waals surface area contributed by atoms with Crippen LogP contribution in [0.2, 0.25) is 0 Å². The lowest BCUT2D eigenvalue weighted by atomic mass is 10.1. The van der Waals surface area contributed by atoms with Crippen molar-refractivity contribution in [3.8, 4) is 17.0 Å². The molecular formula is C17H13BrFNO4. The van der Waals surface area contributed by atoms with Gasteiger partial charge >= 0.3 is 5.97 Å². The van der Waals surface area contributed by atoms with Crippen molar-refractivity contribution in [2.45, 2.75) is 6.92 Å². The van der Waals surface area contributed by atoms with E-state index < -0.39 is 5.97 Å². The van der Waals surface area contributed by atoms with Crippen LogP contribution >= 0.6 is 15.9 Å². The van der Waals surface area contributed by atoms with Crippen LogP contribution < -0.4 is 4.74 Å². The number of esters is 1. The van der Waals surface area contributed by atoms with E-state index in [1.165, 1.54) is 6.07 Å². The first kappa shape index (κ1) is 16.4. The molecule has 3 aromatic rings. The monoisotopic (exact) mass is 393 g/mol. The maximum absolute atomic E-state index is 14.0. The summed E-state index contributed by atoms with van der Waals surface area (Å²) < 4.78 is 30.0. The Labute approximate surface area is 145 Å². The van der Waals surface area contributed by atoms with Crippen molar-refractivity contribution in [1.82, 2.24) is 5.16 Å². The smallest absolute Gasteiger partial charge is 0.344 e. The Morgan fingerprint density at radius 1 is 1.29 bits per heavy atom. The Bertz CT molecular complexity index is 893. The van der Waals surface area contributed by atoms with E-state index in [9.17, 15) is 9.18 Å². The predicted molar refractivity (Wildman–Crippen MR) is 89.2 cm³/mol. The maximum atomic E-state index is 14.0. The molecule has 0 aliphatic rings. The van der Waals surface area contributed by atoms with Crippen molar-refractivity contribution in [3.63, 3.8) is 0 Å². The summed E-state index contributed by atoms with van der Waals surface area (Å²) in [5.41, 5.74) is 1.17. The summed E-state index contributed by atoms with van der Waals surface area (Å²) in [4.78, 5) is 11.4. The van der Waals surface area contributed by atoms with Gasteiger partial charge in [-0.25, -0.2) is 9.18 Å². The molecule has 0 saturated heterocycles. The van der Waals surface area contributed by atoms with Gasteiger partial charge in [-0.15, -0.1) is 0 Å². The molecular weight excluding hydrogens is 381 g/mol. The minimum Gasteiger partial charge on any atom is -0.481 e. The Morgan fingerprint density at radius 3 is 2.83 bits per heavy atom. The highest BCUT2D eigenvalue weighted by molar-refractivity contribution is 9.10. The second-order valence-electron chi connectivity index (χ2n) is 4.86. The summed E-state index contributed by atoms with van der Waals surface area (Å²) in [5, 5.41) is 4.60. The molecule has 0 aliphatic heterocycles. The highest BCUT2D eigenvalue weighted by Crippen LogP contribution is 2.38. The Morgan fingerprint density at radius 2 is 2.08 bits per heavy atom. The van der Waals surface area contributed by atoms with E-state index in [4.69, 9.17) is 14.0 Å². The number of rotatable bonds is 5. The van der Waals surface area contributed by atoms with Crippen molar-refractivity contribution in [2.75, 3.05) is 13.2 Å². The van der Waals surface area contributed by atoms with Crippen molar-refractivity contribution in [1.29, 1.82) is 0 Å². The number of carbonyl (C=O) groups is 1. The highest BCUT2D eigenvalue weighted by Gasteiger charge is 2.18. The lowest BCUT2D eigenvalue weighted by molar-refractivity contribution is -0.145. The van der Waals surface area contributed by atoms with Crippen LogP contribution in [0.1, 0.15) is 6.92 Å². The van der Waals surface area contributed by atoms with Gasteiger partial charge in [-0.3, -0.25) is 0 Å². The number of fused-ring (bicyclic) bond motifs is 1. The normalized spacial score (nSPS) is 10.8. The molecule has 1 heterocycles. The zero-order valence-corrected chi connectivity index (χ0v) is 14.3. The lowest BCUT2D eigenvalue weighted by Crippen LogP contribution is -2.14. The number of halogens is 2. The molecule has 0 saturated carbocycles. The number of hydrogen-bond acceptors (Lipinski definition) is 5. The largest absolute Gasteiger partial charge is 0.481 e. The summed E-state index contributed by atoms with van der Waals surface area (Å²) in [6.07, 6.45) is 0. The third-order valence-corrected chi connectivity index (χ3v) is 4.08. The van der Waals surface area contributed by atoms with Crippen LogP contribution in [0.15, 0.2) is 45.4 Å². The van der Waals surface area contributed by atoms with Crippen LogP contribution in [-0.4, -0.2) is 24.3 Å². The number of carbonyl (C=O) groups excluding carboxylic acids is 1. The van der Waals surface area contributed by atoms with E-state index in [0.717, 1.165) is 0 Å². The maximum Gasteiger partial charge on any atom is 0.344 e. The van der Waals surface area contributed by atoms with Gasteiger partial charge in [-0.2, -0.15) is 0 Å². The fourth-order valence-electron chi connectivity index (χ4n) is 2.25. The second kappa shape index (κ2) is 7.00. The van der Waals surface area contributed by atoms with Crippen LogP contribution in [0.3, 0.4) is 0 Å². The van der Waals surface area contributed by atoms with Crippen molar-refractivity contribution in [3.05, 3.63) is 46.7 Å². The number of hydrogen-bond donors (Lipinski definition) is 0. The van der Waals surface area contributed by atoms with Crippen molar-refractivity contribution < 1.29 is 23.2 Å². The van der Waals surface area contributed by atoms with Crippen LogP contribution in [0.4, 0.5) is 4.39 Å². The van der Waals surface area contributed by atoms with E-state index in [-0.39, 0.29) is 19.0 Å². The molecule has 0 bridgehead atoms. The summed E-state index contributed by atoms with van der Waals surface area (Å²) in [6, 6.07) is 9.70. The van der Waals surface area contributed by atoms with Gasteiger partial charge in [-0.1, -0.05) is 17.3 Å². The first-order chi connectivity index (χ1) is 11.6. The third kappa shape index (κ3) is 3.12. The molecule has 0 spiro atoms. The van der Waals surface area contributed by atoms with Gasteiger partial charge in [0.2, 0.25) is 0 Å². The molecule has 0 unspecified atom stereocenters. The van der Waals surface area contributed by atoms with Gasteiger partial charge in [0.15, 0.2) is 12.2 Å². The zero-order chi connectivity index (χ0) is 17.1. The number of ether oxygens (including phenoxy) is 2. The molecule has 24 heavy (non-hydrogen) atoms. The van der Waals surface area contributed by atoms with Crippen LogP contribution in [0.25, 0.3) is 22.2 Å². The summed E-state index contributed by atoms with van der Waals surface area (Å²) >= 11 is 3.37. The third-order valence-electron chi connectivity index (χ3n) is 3.32. The Balaban J connectivity index is 1.94. The SMILES string of the molecule is CCOC(=O)COc1ccc2c(-c3ccccc3F)noc2c1Br. The molecule has 0 aliphatic carbocycles. The summed E-state index contributed by atoms with van der Waals surface area (Å²) in [6.45, 7) is 1.79. The first-order valence-electron chi connectivity index (χ1n) is 7.23. The van der Waals surface area contributed by atoms with E-state index >= 15 is 0 Å². The average Bonchev–Trinajstić information content (AvgIpc) is 3.00. The van der Waals surface area contributed by atoms with Crippen molar-refractivity contribution >= 4 is 32.9 Å². The number of aromatic nitrogens is 1. The Hall–Kier alpha value is -2.41. The topological polar surface area (TPSA) is 61.6 Å². The molecule has 0 fully saturated rings. The first-order valence-corrected chi connectivity index (χ1v) is 8.02. The fourth-order valence-corrected chi connectivity index (χ4v) is 2.79. The van der Waals surface area contributed by atoms with E-state index in [2.05, 4.69) is 21.1 Å². The van der Waals surface area contributed by atoms with Crippen molar-refractivity contribution in [2.24, 2.45) is 0 Å². The predicted octanol–water partition coefficient (Wildman–Crippen LogP) is 4.34. The fraction of sp³-hybridized carbons (Fsp3) is 0.176. The van der Waals surface area contributed by atoms with Gasteiger partial charge in [0.05, 0.1) is 12.0 Å². The highest BCUT2D eigenvalue weighted by atomic mass is 79.9.